The van der Waals surface area contributed by atoms with Crippen LogP contribution in [-0.2, 0) is 13.6 Å². The first-order chi connectivity index (χ1) is 18.8. The van der Waals surface area contributed by atoms with E-state index in [-0.39, 0.29) is 17.5 Å². The van der Waals surface area contributed by atoms with Gasteiger partial charge in [-0.05, 0) is 41.8 Å². The molecule has 12 heteroatoms. The Morgan fingerprint density at radius 2 is 1.97 bits per heavy atom. The van der Waals surface area contributed by atoms with E-state index in [0.717, 1.165) is 15.8 Å². The second kappa shape index (κ2) is 10.1. The first kappa shape index (κ1) is 24.9. The van der Waals surface area contributed by atoms with Crippen molar-refractivity contribution in [1.29, 1.82) is 0 Å². The number of H-pyrrole nitrogens is 1. The number of amides is 1. The lowest BCUT2D eigenvalue weighted by Crippen LogP contribution is -2.50. The zero-order chi connectivity index (χ0) is 27.1. The predicted molar refractivity (Wildman–Crippen MR) is 148 cm³/mol. The average molecular weight is 546 g/mol. The monoisotopic (exact) mass is 545 g/mol. The number of halogens is 1. The molecule has 1 aliphatic rings. The number of hydrogen-bond donors (Lipinski definition) is 4. The van der Waals surface area contributed by atoms with Crippen molar-refractivity contribution in [3.8, 4) is 11.3 Å². The number of aromatic nitrogens is 4. The summed E-state index contributed by atoms with van der Waals surface area (Å²) in [7, 11) is 1.81. The Morgan fingerprint density at radius 3 is 2.77 bits per heavy atom. The van der Waals surface area contributed by atoms with Crippen molar-refractivity contribution in [2.75, 3.05) is 23.7 Å². The summed E-state index contributed by atoms with van der Waals surface area (Å²) in [4.78, 5) is 27.9. The Labute approximate surface area is 225 Å². The van der Waals surface area contributed by atoms with Crippen molar-refractivity contribution < 1.29 is 14.3 Å². The number of aliphatic hydroxyl groups is 1. The molecule has 1 saturated heterocycles. The van der Waals surface area contributed by atoms with E-state index in [1.807, 2.05) is 37.4 Å². The van der Waals surface area contributed by atoms with Crippen LogP contribution in [0.15, 0.2) is 65.5 Å². The molecule has 0 saturated carbocycles. The van der Waals surface area contributed by atoms with Gasteiger partial charge < -0.3 is 15.7 Å². The molecule has 0 radical (unpaired) electrons. The van der Waals surface area contributed by atoms with Crippen molar-refractivity contribution >= 4 is 44.5 Å². The fourth-order valence-corrected chi connectivity index (χ4v) is 5.42. The van der Waals surface area contributed by atoms with Crippen LogP contribution >= 0.6 is 11.3 Å². The molecule has 4 heterocycles. The Kier molecular flexibility index (Phi) is 6.43. The molecular formula is C27H24FN7O3S. The average Bonchev–Trinajstić information content (AvgIpc) is 3.49. The van der Waals surface area contributed by atoms with Crippen LogP contribution in [0, 0.1) is 5.82 Å². The van der Waals surface area contributed by atoms with Crippen molar-refractivity contribution in [3.63, 3.8) is 0 Å². The number of aromatic amines is 1. The molecule has 1 fully saturated rings. The molecule has 1 amide bonds. The highest BCUT2D eigenvalue weighted by Gasteiger charge is 2.25. The topological polar surface area (TPSA) is 128 Å². The molecule has 2 aromatic carbocycles. The lowest BCUT2D eigenvalue weighted by atomic mass is 10.1. The molecule has 198 valence electrons. The van der Waals surface area contributed by atoms with Crippen LogP contribution in [0.5, 0.6) is 0 Å². The van der Waals surface area contributed by atoms with Gasteiger partial charge in [0.2, 0.25) is 0 Å². The van der Waals surface area contributed by atoms with E-state index in [9.17, 15) is 19.1 Å². The lowest BCUT2D eigenvalue weighted by molar-refractivity contribution is -0.00413. The maximum atomic E-state index is 14.6. The molecule has 0 atom stereocenters. The van der Waals surface area contributed by atoms with Crippen LogP contribution in [0.4, 0.5) is 21.6 Å². The van der Waals surface area contributed by atoms with Crippen LogP contribution < -0.4 is 16.2 Å². The lowest BCUT2D eigenvalue weighted by Gasteiger charge is -2.35. The Hall–Kier alpha value is -4.39. The highest BCUT2D eigenvalue weighted by molar-refractivity contribution is 7.20. The number of rotatable bonds is 7. The molecule has 10 nitrogen and oxygen atoms in total. The molecule has 39 heavy (non-hydrogen) atoms. The summed E-state index contributed by atoms with van der Waals surface area (Å²) in [5, 5.41) is 27.1. The van der Waals surface area contributed by atoms with Gasteiger partial charge in [0, 0.05) is 43.0 Å². The standard InChI is InChI=1S/C27H24FN7O3S/c1-34-17(12-35-13-18(36)14-35)10-25(33-34)29-22-11-20(31-32-26(22)37)15-6-7-19(28)21(8-15)30-27(38)24-9-16-4-2-3-5-23(16)39-24/h2-11,18,36H,12-14H2,1H3,(H,30,38)(H,32,37)(H,29,31,33). The van der Waals surface area contributed by atoms with Crippen LogP contribution in [0.3, 0.4) is 0 Å². The Balaban J connectivity index is 1.22. The number of aliphatic hydroxyl groups excluding tert-OH is 1. The second-order valence-electron chi connectivity index (χ2n) is 9.41. The third-order valence-corrected chi connectivity index (χ3v) is 7.64. The number of likely N-dealkylation sites (tertiary alicyclic amines) is 1. The summed E-state index contributed by atoms with van der Waals surface area (Å²) >= 11 is 1.33. The highest BCUT2D eigenvalue weighted by Crippen LogP contribution is 2.28. The molecule has 0 spiro atoms. The van der Waals surface area contributed by atoms with E-state index in [1.165, 1.54) is 29.5 Å². The normalized spacial score (nSPS) is 13.9. The summed E-state index contributed by atoms with van der Waals surface area (Å²) in [6, 6.07) is 17.0. The quantitative estimate of drug-likeness (QED) is 0.246. The van der Waals surface area contributed by atoms with Gasteiger partial charge >= 0.3 is 0 Å². The number of carbonyl (C=O) groups excluding carboxylic acids is 1. The number of β-amino-alcohol motifs (C(OH)–C–C–N with tert-alkyl or cyclic N) is 1. The van der Waals surface area contributed by atoms with Crippen molar-refractivity contribution in [2.24, 2.45) is 7.05 Å². The van der Waals surface area contributed by atoms with E-state index in [1.54, 1.807) is 16.8 Å². The van der Waals surface area contributed by atoms with Gasteiger partial charge in [-0.25, -0.2) is 9.49 Å². The minimum absolute atomic E-state index is 0.00273. The first-order valence-electron chi connectivity index (χ1n) is 12.2. The maximum absolute atomic E-state index is 14.6. The molecule has 0 aliphatic carbocycles. The summed E-state index contributed by atoms with van der Waals surface area (Å²) in [6.07, 6.45) is -0.291. The summed E-state index contributed by atoms with van der Waals surface area (Å²) in [6.45, 7) is 1.86. The summed E-state index contributed by atoms with van der Waals surface area (Å²) in [5.74, 6) is -0.527. The van der Waals surface area contributed by atoms with E-state index in [0.29, 0.717) is 41.6 Å². The van der Waals surface area contributed by atoms with Gasteiger partial charge in [0.25, 0.3) is 11.5 Å². The fraction of sp³-hybridized carbons (Fsp3) is 0.185. The van der Waals surface area contributed by atoms with Crippen LogP contribution in [0.2, 0.25) is 0 Å². The van der Waals surface area contributed by atoms with E-state index >= 15 is 0 Å². The number of nitrogens with one attached hydrogen (secondary N) is 3. The third kappa shape index (κ3) is 5.17. The molecule has 0 unspecified atom stereocenters. The number of carbonyl (C=O) groups is 1. The number of nitrogens with zero attached hydrogens (tertiary/aromatic N) is 4. The zero-order valence-corrected chi connectivity index (χ0v) is 21.6. The van der Waals surface area contributed by atoms with Gasteiger partial charge in [0.15, 0.2) is 5.82 Å². The second-order valence-corrected chi connectivity index (χ2v) is 10.5. The summed E-state index contributed by atoms with van der Waals surface area (Å²) < 4.78 is 17.3. The SMILES string of the molecule is Cn1nc(Nc2cc(-c3ccc(F)c(NC(=O)c4cc5ccccc5s4)c3)n[nH]c2=O)cc1CN1CC(O)C1. The number of benzene rings is 2. The molecule has 4 N–H and O–H groups in total. The Morgan fingerprint density at radius 1 is 1.15 bits per heavy atom. The van der Waals surface area contributed by atoms with Gasteiger partial charge in [0.1, 0.15) is 11.5 Å². The zero-order valence-electron chi connectivity index (χ0n) is 20.8. The van der Waals surface area contributed by atoms with Crippen LogP contribution in [0.25, 0.3) is 21.3 Å². The molecule has 6 rings (SSSR count). The molecule has 0 bridgehead atoms. The summed E-state index contributed by atoms with van der Waals surface area (Å²) in [5.41, 5.74) is 1.57. The molecule has 5 aromatic rings. The van der Waals surface area contributed by atoms with E-state index < -0.39 is 17.3 Å². The Bertz CT molecular complexity index is 1720. The van der Waals surface area contributed by atoms with Gasteiger partial charge in [-0.1, -0.05) is 18.2 Å². The molecular weight excluding hydrogens is 521 g/mol. The minimum atomic E-state index is -0.591. The van der Waals surface area contributed by atoms with Gasteiger partial charge in [-0.15, -0.1) is 11.3 Å². The number of hydrogen-bond acceptors (Lipinski definition) is 8. The van der Waals surface area contributed by atoms with Gasteiger partial charge in [0.05, 0.1) is 28.1 Å². The number of thiophene rings is 1. The highest BCUT2D eigenvalue weighted by atomic mass is 32.1. The van der Waals surface area contributed by atoms with Gasteiger partial charge in [-0.3, -0.25) is 19.2 Å². The van der Waals surface area contributed by atoms with E-state index in [4.69, 9.17) is 0 Å². The van der Waals surface area contributed by atoms with Crippen molar-refractivity contribution in [1.82, 2.24) is 24.9 Å². The molecule has 3 aromatic heterocycles. The predicted octanol–water partition coefficient (Wildman–Crippen LogP) is 3.70. The first-order valence-corrected chi connectivity index (χ1v) is 13.0. The number of anilines is 3. The molecule has 1 aliphatic heterocycles. The number of fused-ring (bicyclic) bond motifs is 1. The van der Waals surface area contributed by atoms with Crippen molar-refractivity contribution in [2.45, 2.75) is 12.6 Å². The number of aryl methyl sites for hydroxylation is 1. The van der Waals surface area contributed by atoms with Crippen molar-refractivity contribution in [3.05, 3.63) is 87.4 Å². The third-order valence-electron chi connectivity index (χ3n) is 6.53. The van der Waals surface area contributed by atoms with Gasteiger partial charge in [-0.2, -0.15) is 10.2 Å². The smallest absolute Gasteiger partial charge is 0.287 e. The van der Waals surface area contributed by atoms with E-state index in [2.05, 4.69) is 30.8 Å². The van der Waals surface area contributed by atoms with Crippen LogP contribution in [-0.4, -0.2) is 55.1 Å². The fourth-order valence-electron chi connectivity index (χ4n) is 4.46. The maximum Gasteiger partial charge on any atom is 0.287 e. The largest absolute Gasteiger partial charge is 0.390 e. The van der Waals surface area contributed by atoms with Crippen LogP contribution in [0.1, 0.15) is 15.4 Å². The minimum Gasteiger partial charge on any atom is -0.390 e.